The fourth-order valence-corrected chi connectivity index (χ4v) is 3.13. The van der Waals surface area contributed by atoms with E-state index >= 15 is 0 Å². The van der Waals surface area contributed by atoms with Crippen LogP contribution in [0, 0.1) is 0 Å². The first kappa shape index (κ1) is 16.1. The largest absolute Gasteiger partial charge is 0.483 e. The molecular formula is C19H17BrN2O3. The van der Waals surface area contributed by atoms with Crippen molar-refractivity contribution in [2.24, 2.45) is 0 Å². The minimum absolute atomic E-state index is 0.198. The van der Waals surface area contributed by atoms with Crippen LogP contribution < -0.4 is 9.47 Å². The number of rotatable bonds is 4. The molecule has 0 amide bonds. The lowest BCUT2D eigenvalue weighted by atomic mass is 10.0. The number of benzene rings is 2. The number of hydrogen-bond donors (Lipinski definition) is 0. The van der Waals surface area contributed by atoms with Gasteiger partial charge in [0.1, 0.15) is 5.60 Å². The van der Waals surface area contributed by atoms with Gasteiger partial charge in [0.25, 0.3) is 5.89 Å². The standard InChI is InChI=1S/C19H17BrN2O3/c1-19(2)10-13-4-3-5-15(17(13)25-19)23-11-16-21-22-18(24-16)12-6-8-14(20)9-7-12/h3-9H,10-11H2,1-2H3. The molecule has 0 bridgehead atoms. The van der Waals surface area contributed by atoms with Gasteiger partial charge >= 0.3 is 0 Å². The Kier molecular flexibility index (Phi) is 4.00. The van der Waals surface area contributed by atoms with Crippen molar-refractivity contribution in [1.29, 1.82) is 0 Å². The van der Waals surface area contributed by atoms with E-state index in [2.05, 4.69) is 46.0 Å². The van der Waals surface area contributed by atoms with Crippen LogP contribution in [0.15, 0.2) is 51.4 Å². The molecule has 1 aliphatic heterocycles. The van der Waals surface area contributed by atoms with E-state index in [1.165, 1.54) is 0 Å². The third-order valence-electron chi connectivity index (χ3n) is 3.96. The summed E-state index contributed by atoms with van der Waals surface area (Å²) in [6, 6.07) is 13.6. The Labute approximate surface area is 154 Å². The molecule has 2 aromatic carbocycles. The molecule has 4 rings (SSSR count). The highest BCUT2D eigenvalue weighted by Gasteiger charge is 2.32. The zero-order valence-electron chi connectivity index (χ0n) is 14.0. The van der Waals surface area contributed by atoms with Crippen LogP contribution in [0.25, 0.3) is 11.5 Å². The van der Waals surface area contributed by atoms with Crippen molar-refractivity contribution in [3.8, 4) is 23.0 Å². The topological polar surface area (TPSA) is 57.4 Å². The highest BCUT2D eigenvalue weighted by Crippen LogP contribution is 2.41. The van der Waals surface area contributed by atoms with Gasteiger partial charge in [0, 0.05) is 22.0 Å². The van der Waals surface area contributed by atoms with Crippen LogP contribution in [-0.4, -0.2) is 15.8 Å². The van der Waals surface area contributed by atoms with Gasteiger partial charge in [-0.05, 0) is 44.2 Å². The summed E-state index contributed by atoms with van der Waals surface area (Å²) in [6.07, 6.45) is 0.869. The van der Waals surface area contributed by atoms with Gasteiger partial charge in [-0.25, -0.2) is 0 Å². The molecule has 0 radical (unpaired) electrons. The lowest BCUT2D eigenvalue weighted by Crippen LogP contribution is -2.24. The van der Waals surface area contributed by atoms with Gasteiger partial charge in [0.2, 0.25) is 5.89 Å². The van der Waals surface area contributed by atoms with Gasteiger partial charge in [-0.15, -0.1) is 10.2 Å². The number of hydrogen-bond acceptors (Lipinski definition) is 5. The predicted octanol–water partition coefficient (Wildman–Crippen LogP) is 4.79. The van der Waals surface area contributed by atoms with Crippen LogP contribution in [0.3, 0.4) is 0 Å². The molecule has 6 heteroatoms. The number of halogens is 1. The Morgan fingerprint density at radius 1 is 1.12 bits per heavy atom. The fraction of sp³-hybridized carbons (Fsp3) is 0.263. The number of nitrogens with zero attached hydrogens (tertiary/aromatic N) is 2. The summed E-state index contributed by atoms with van der Waals surface area (Å²) >= 11 is 3.41. The van der Waals surface area contributed by atoms with E-state index < -0.39 is 0 Å². The minimum Gasteiger partial charge on any atom is -0.483 e. The SMILES string of the molecule is CC1(C)Cc2cccc(OCc3nnc(-c4ccc(Br)cc4)o3)c2O1. The first-order valence-corrected chi connectivity index (χ1v) is 8.81. The molecule has 25 heavy (non-hydrogen) atoms. The second kappa shape index (κ2) is 6.19. The summed E-state index contributed by atoms with van der Waals surface area (Å²) < 4.78 is 18.6. The van der Waals surface area contributed by atoms with Crippen molar-refractivity contribution in [2.75, 3.05) is 0 Å². The first-order chi connectivity index (χ1) is 12.0. The number of fused-ring (bicyclic) bond motifs is 1. The van der Waals surface area contributed by atoms with Gasteiger partial charge in [0.05, 0.1) is 0 Å². The van der Waals surface area contributed by atoms with E-state index in [4.69, 9.17) is 13.9 Å². The van der Waals surface area contributed by atoms with Crippen molar-refractivity contribution < 1.29 is 13.9 Å². The summed E-state index contributed by atoms with van der Waals surface area (Å²) in [5.41, 5.74) is 1.82. The first-order valence-electron chi connectivity index (χ1n) is 8.02. The van der Waals surface area contributed by atoms with Crippen LogP contribution in [-0.2, 0) is 13.0 Å². The Hall–Kier alpha value is -2.34. The van der Waals surface area contributed by atoms with Crippen molar-refractivity contribution >= 4 is 15.9 Å². The van der Waals surface area contributed by atoms with Gasteiger partial charge in [0.15, 0.2) is 18.1 Å². The molecule has 0 spiro atoms. The van der Waals surface area contributed by atoms with Crippen LogP contribution in [0.4, 0.5) is 0 Å². The molecule has 0 N–H and O–H groups in total. The Morgan fingerprint density at radius 3 is 2.72 bits per heavy atom. The summed E-state index contributed by atoms with van der Waals surface area (Å²) in [5, 5.41) is 8.14. The lowest BCUT2D eigenvalue weighted by molar-refractivity contribution is 0.130. The molecule has 1 aromatic heterocycles. The number of aromatic nitrogens is 2. The third kappa shape index (κ3) is 3.39. The molecular weight excluding hydrogens is 384 g/mol. The van der Waals surface area contributed by atoms with Crippen molar-refractivity contribution in [3.63, 3.8) is 0 Å². The number of ether oxygens (including phenoxy) is 2. The summed E-state index contributed by atoms with van der Waals surface area (Å²) in [4.78, 5) is 0. The maximum absolute atomic E-state index is 6.00. The maximum atomic E-state index is 6.00. The Bertz CT molecular complexity index is 903. The molecule has 0 aliphatic carbocycles. The van der Waals surface area contributed by atoms with Gasteiger partial charge in [-0.1, -0.05) is 28.1 Å². The highest BCUT2D eigenvalue weighted by molar-refractivity contribution is 9.10. The molecule has 0 unspecified atom stereocenters. The molecule has 128 valence electrons. The predicted molar refractivity (Wildman–Crippen MR) is 96.6 cm³/mol. The fourth-order valence-electron chi connectivity index (χ4n) is 2.86. The summed E-state index contributed by atoms with van der Waals surface area (Å²) in [5.74, 6) is 2.40. The normalized spacial score (nSPS) is 14.8. The molecule has 2 heterocycles. The molecule has 5 nitrogen and oxygen atoms in total. The Balaban J connectivity index is 1.49. The molecule has 0 saturated heterocycles. The minimum atomic E-state index is -0.207. The van der Waals surface area contributed by atoms with Crippen molar-refractivity contribution in [2.45, 2.75) is 32.5 Å². The average Bonchev–Trinajstić information content (AvgIpc) is 3.16. The third-order valence-corrected chi connectivity index (χ3v) is 4.49. The van der Waals surface area contributed by atoms with Crippen molar-refractivity contribution in [3.05, 3.63) is 58.4 Å². The van der Waals surface area contributed by atoms with E-state index in [0.29, 0.717) is 17.5 Å². The number of para-hydroxylation sites is 1. The van der Waals surface area contributed by atoms with Crippen LogP contribution in [0.2, 0.25) is 0 Å². The highest BCUT2D eigenvalue weighted by atomic mass is 79.9. The zero-order chi connectivity index (χ0) is 17.4. The van der Waals surface area contributed by atoms with E-state index in [0.717, 1.165) is 27.8 Å². The molecule has 0 fully saturated rings. The van der Waals surface area contributed by atoms with Gasteiger partial charge < -0.3 is 13.9 Å². The van der Waals surface area contributed by atoms with Crippen molar-refractivity contribution in [1.82, 2.24) is 10.2 Å². The zero-order valence-corrected chi connectivity index (χ0v) is 15.5. The Morgan fingerprint density at radius 2 is 1.92 bits per heavy atom. The van der Waals surface area contributed by atoms with Gasteiger partial charge in [-0.3, -0.25) is 0 Å². The molecule has 0 atom stereocenters. The summed E-state index contributed by atoms with van der Waals surface area (Å²) in [7, 11) is 0. The van der Waals surface area contributed by atoms with E-state index in [1.54, 1.807) is 0 Å². The lowest BCUT2D eigenvalue weighted by Gasteiger charge is -2.18. The average molecular weight is 401 g/mol. The van der Waals surface area contributed by atoms with Crippen LogP contribution in [0.1, 0.15) is 25.3 Å². The van der Waals surface area contributed by atoms with E-state index in [-0.39, 0.29) is 12.2 Å². The second-order valence-corrected chi connectivity index (χ2v) is 7.50. The smallest absolute Gasteiger partial charge is 0.254 e. The second-order valence-electron chi connectivity index (χ2n) is 6.58. The van der Waals surface area contributed by atoms with Crippen LogP contribution in [0.5, 0.6) is 11.5 Å². The molecule has 1 aliphatic rings. The maximum Gasteiger partial charge on any atom is 0.254 e. The quantitative estimate of drug-likeness (QED) is 0.629. The molecule has 0 saturated carbocycles. The van der Waals surface area contributed by atoms with E-state index in [9.17, 15) is 0 Å². The monoisotopic (exact) mass is 400 g/mol. The van der Waals surface area contributed by atoms with Gasteiger partial charge in [-0.2, -0.15) is 0 Å². The molecule has 3 aromatic rings. The van der Waals surface area contributed by atoms with Crippen LogP contribution >= 0.6 is 15.9 Å². The van der Waals surface area contributed by atoms with E-state index in [1.807, 2.05) is 36.4 Å². The summed E-state index contributed by atoms with van der Waals surface area (Å²) in [6.45, 7) is 4.34.